The third kappa shape index (κ3) is 2.77. The summed E-state index contributed by atoms with van der Waals surface area (Å²) < 4.78 is 6.45. The summed E-state index contributed by atoms with van der Waals surface area (Å²) in [7, 11) is 0. The first-order chi connectivity index (χ1) is 9.63. The molecule has 7 heteroatoms. The molecule has 2 N–H and O–H groups in total. The third-order valence-corrected chi connectivity index (χ3v) is 5.07. The quantitative estimate of drug-likeness (QED) is 0.851. The maximum absolute atomic E-state index is 11.2. The Balaban J connectivity index is 1.80. The summed E-state index contributed by atoms with van der Waals surface area (Å²) in [6, 6.07) is 5.51. The van der Waals surface area contributed by atoms with E-state index in [1.165, 1.54) is 4.88 Å². The summed E-state index contributed by atoms with van der Waals surface area (Å²) in [5.41, 5.74) is 1.39. The summed E-state index contributed by atoms with van der Waals surface area (Å²) >= 11 is 11.4. The van der Waals surface area contributed by atoms with Gasteiger partial charge in [0, 0.05) is 15.4 Å². The number of hydrogen-bond acceptors (Lipinski definition) is 4. The highest BCUT2D eigenvalue weighted by Crippen LogP contribution is 2.36. The van der Waals surface area contributed by atoms with E-state index >= 15 is 0 Å². The molecule has 0 saturated heterocycles. The molecule has 1 amide bonds. The molecule has 0 radical (unpaired) electrons. The van der Waals surface area contributed by atoms with Crippen LogP contribution in [0.2, 0.25) is 5.02 Å². The lowest BCUT2D eigenvalue weighted by atomic mass is 10.2. The number of hydrogen-bond donors (Lipinski definition) is 2. The lowest BCUT2D eigenvalue weighted by Crippen LogP contribution is -2.25. The second kappa shape index (κ2) is 5.63. The zero-order valence-corrected chi connectivity index (χ0v) is 13.4. The molecule has 0 aliphatic carbocycles. The normalized spacial score (nSPS) is 13.4. The zero-order valence-electron chi connectivity index (χ0n) is 10.2. The molecule has 0 bridgehead atoms. The number of halogens is 2. The number of benzene rings is 1. The first-order valence-corrected chi connectivity index (χ1v) is 7.90. The summed E-state index contributed by atoms with van der Waals surface area (Å²) in [6.45, 7) is 0.702. The Morgan fingerprint density at radius 2 is 2.35 bits per heavy atom. The molecule has 104 valence electrons. The van der Waals surface area contributed by atoms with Gasteiger partial charge in [-0.25, -0.2) is 0 Å². The van der Waals surface area contributed by atoms with Crippen LogP contribution in [0.3, 0.4) is 0 Å². The van der Waals surface area contributed by atoms with Crippen LogP contribution in [0.15, 0.2) is 28.1 Å². The lowest BCUT2D eigenvalue weighted by Gasteiger charge is -2.20. The number of thiophene rings is 1. The topological polar surface area (TPSA) is 50.4 Å². The van der Waals surface area contributed by atoms with Crippen molar-refractivity contribution in [2.75, 3.05) is 17.2 Å². The summed E-state index contributed by atoms with van der Waals surface area (Å²) in [6.07, 6.45) is 0. The minimum absolute atomic E-state index is 0.0323. The van der Waals surface area contributed by atoms with Crippen LogP contribution in [0.4, 0.5) is 11.4 Å². The average molecular weight is 374 g/mol. The monoisotopic (exact) mass is 372 g/mol. The number of carbonyl (C=O) groups is 1. The van der Waals surface area contributed by atoms with Crippen LogP contribution >= 0.6 is 38.9 Å². The third-order valence-electron chi connectivity index (χ3n) is 2.83. The SMILES string of the molecule is O=C1COc2cc(NCc3sccc3Br)c(Cl)cc2N1. The maximum Gasteiger partial charge on any atom is 0.262 e. The zero-order chi connectivity index (χ0) is 14.1. The van der Waals surface area contributed by atoms with Crippen molar-refractivity contribution in [1.29, 1.82) is 0 Å². The van der Waals surface area contributed by atoms with Gasteiger partial charge in [0.05, 0.1) is 22.9 Å². The van der Waals surface area contributed by atoms with E-state index in [0.29, 0.717) is 23.0 Å². The fourth-order valence-electron chi connectivity index (χ4n) is 1.86. The van der Waals surface area contributed by atoms with Crippen molar-refractivity contribution in [2.45, 2.75) is 6.54 Å². The molecule has 0 fully saturated rings. The van der Waals surface area contributed by atoms with Crippen LogP contribution in [-0.2, 0) is 11.3 Å². The molecular weight excluding hydrogens is 364 g/mol. The molecule has 1 aliphatic heterocycles. The molecule has 1 aliphatic rings. The van der Waals surface area contributed by atoms with E-state index < -0.39 is 0 Å². The molecule has 1 aromatic carbocycles. The van der Waals surface area contributed by atoms with E-state index in [-0.39, 0.29) is 12.5 Å². The minimum atomic E-state index is -0.170. The van der Waals surface area contributed by atoms with Crippen LogP contribution in [0.5, 0.6) is 5.75 Å². The molecule has 0 spiro atoms. The Morgan fingerprint density at radius 1 is 1.50 bits per heavy atom. The number of carbonyl (C=O) groups excluding carboxylic acids is 1. The summed E-state index contributed by atoms with van der Waals surface area (Å²) in [5, 5.41) is 8.56. The Bertz CT molecular complexity index is 674. The number of rotatable bonds is 3. The van der Waals surface area contributed by atoms with Gasteiger partial charge in [-0.05, 0) is 33.4 Å². The van der Waals surface area contributed by atoms with Crippen molar-refractivity contribution in [2.24, 2.45) is 0 Å². The second-order valence-corrected chi connectivity index (χ2v) is 6.47. The first kappa shape index (κ1) is 13.7. The van der Waals surface area contributed by atoms with Crippen molar-refractivity contribution < 1.29 is 9.53 Å². The fourth-order valence-corrected chi connectivity index (χ4v) is 3.52. The first-order valence-electron chi connectivity index (χ1n) is 5.85. The van der Waals surface area contributed by atoms with Crippen LogP contribution in [0.25, 0.3) is 0 Å². The smallest absolute Gasteiger partial charge is 0.262 e. The second-order valence-electron chi connectivity index (χ2n) is 4.21. The van der Waals surface area contributed by atoms with E-state index in [9.17, 15) is 4.79 Å². The van der Waals surface area contributed by atoms with Crippen LogP contribution in [0.1, 0.15) is 4.88 Å². The van der Waals surface area contributed by atoms with Crippen molar-refractivity contribution in [3.05, 3.63) is 38.0 Å². The van der Waals surface area contributed by atoms with Crippen molar-refractivity contribution >= 4 is 56.1 Å². The van der Waals surface area contributed by atoms with Crippen LogP contribution in [-0.4, -0.2) is 12.5 Å². The standard InChI is InChI=1S/C13H10BrClN2O2S/c14-7-1-2-20-12(7)5-16-9-4-11-10(3-8(9)15)17-13(18)6-19-11/h1-4,16H,5-6H2,(H,17,18). The van der Waals surface area contributed by atoms with Crippen molar-refractivity contribution in [3.8, 4) is 5.75 Å². The Hall–Kier alpha value is -1.24. The van der Waals surface area contributed by atoms with E-state index in [1.807, 2.05) is 11.4 Å². The Morgan fingerprint density at radius 3 is 3.10 bits per heavy atom. The van der Waals surface area contributed by atoms with Gasteiger partial charge in [0.1, 0.15) is 5.75 Å². The highest BCUT2D eigenvalue weighted by Gasteiger charge is 2.18. The molecule has 20 heavy (non-hydrogen) atoms. The molecule has 0 saturated carbocycles. The van der Waals surface area contributed by atoms with E-state index in [4.69, 9.17) is 16.3 Å². The van der Waals surface area contributed by atoms with E-state index in [2.05, 4.69) is 26.6 Å². The molecule has 0 atom stereocenters. The van der Waals surface area contributed by atoms with Gasteiger partial charge >= 0.3 is 0 Å². The van der Waals surface area contributed by atoms with Gasteiger partial charge in [0.25, 0.3) is 5.91 Å². The number of amides is 1. The number of anilines is 2. The van der Waals surface area contributed by atoms with E-state index in [1.54, 1.807) is 23.5 Å². The highest BCUT2D eigenvalue weighted by molar-refractivity contribution is 9.10. The molecule has 0 unspecified atom stereocenters. The maximum atomic E-state index is 11.2. The fraction of sp³-hybridized carbons (Fsp3) is 0.154. The Labute approximate surface area is 133 Å². The van der Waals surface area contributed by atoms with Gasteiger partial charge in [-0.1, -0.05) is 11.6 Å². The molecule has 2 aromatic rings. The number of fused-ring (bicyclic) bond motifs is 1. The van der Waals surface area contributed by atoms with Crippen LogP contribution in [0, 0.1) is 0 Å². The molecular formula is C13H10BrClN2O2S. The number of ether oxygens (including phenoxy) is 1. The largest absolute Gasteiger partial charge is 0.482 e. The minimum Gasteiger partial charge on any atom is -0.482 e. The van der Waals surface area contributed by atoms with E-state index in [0.717, 1.165) is 10.2 Å². The van der Waals surface area contributed by atoms with Gasteiger partial charge in [0.2, 0.25) is 0 Å². The predicted molar refractivity (Wildman–Crippen MR) is 84.9 cm³/mol. The molecule has 4 nitrogen and oxygen atoms in total. The van der Waals surface area contributed by atoms with Gasteiger partial charge in [0.15, 0.2) is 6.61 Å². The molecule has 2 heterocycles. The summed E-state index contributed by atoms with van der Waals surface area (Å²) in [5.74, 6) is 0.457. The van der Waals surface area contributed by atoms with Gasteiger partial charge in [-0.15, -0.1) is 11.3 Å². The Kier molecular flexibility index (Phi) is 3.87. The number of nitrogens with one attached hydrogen (secondary N) is 2. The lowest BCUT2D eigenvalue weighted by molar-refractivity contribution is -0.118. The highest BCUT2D eigenvalue weighted by atomic mass is 79.9. The van der Waals surface area contributed by atoms with Crippen molar-refractivity contribution in [1.82, 2.24) is 0 Å². The average Bonchev–Trinajstić information content (AvgIpc) is 2.82. The molecule has 3 rings (SSSR count). The van der Waals surface area contributed by atoms with Gasteiger partial charge in [-0.3, -0.25) is 4.79 Å². The summed E-state index contributed by atoms with van der Waals surface area (Å²) in [4.78, 5) is 12.4. The van der Waals surface area contributed by atoms with Gasteiger partial charge in [-0.2, -0.15) is 0 Å². The molecule has 1 aromatic heterocycles. The van der Waals surface area contributed by atoms with Crippen LogP contribution < -0.4 is 15.4 Å². The van der Waals surface area contributed by atoms with Crippen molar-refractivity contribution in [3.63, 3.8) is 0 Å². The van der Waals surface area contributed by atoms with Gasteiger partial charge < -0.3 is 15.4 Å². The predicted octanol–water partition coefficient (Wildman–Crippen LogP) is 4.11.